The van der Waals surface area contributed by atoms with E-state index < -0.39 is 42.4 Å². The largest absolute Gasteiger partial charge is 0.481 e. The highest BCUT2D eigenvalue weighted by atomic mass is 16.4. The monoisotopic (exact) mass is 360 g/mol. The summed E-state index contributed by atoms with van der Waals surface area (Å²) >= 11 is 0. The lowest BCUT2D eigenvalue weighted by atomic mass is 10.2. The third-order valence-corrected chi connectivity index (χ3v) is 3.42. The average Bonchev–Trinajstić information content (AvgIpc) is 2.59. The maximum absolute atomic E-state index is 12.3. The van der Waals surface area contributed by atoms with Crippen molar-refractivity contribution in [2.75, 3.05) is 5.73 Å². The highest BCUT2D eigenvalue weighted by molar-refractivity contribution is 5.86. The van der Waals surface area contributed by atoms with Gasteiger partial charge >= 0.3 is 11.9 Å². The minimum atomic E-state index is -1.62. The predicted molar refractivity (Wildman–Crippen MR) is 90.2 cm³/mol. The van der Waals surface area contributed by atoms with Crippen molar-refractivity contribution in [1.29, 1.82) is 0 Å². The smallest absolute Gasteiger partial charge is 0.326 e. The van der Waals surface area contributed by atoms with E-state index in [9.17, 15) is 19.2 Å². The van der Waals surface area contributed by atoms with Crippen LogP contribution in [-0.4, -0.2) is 43.7 Å². The zero-order chi connectivity index (χ0) is 19.3. The Balaban J connectivity index is 2.32. The summed E-state index contributed by atoms with van der Waals surface area (Å²) in [6, 6.07) is 6.93. The number of aromatic nitrogens is 2. The highest BCUT2D eigenvalue weighted by Crippen LogP contribution is 2.15. The predicted octanol–water partition coefficient (Wildman–Crippen LogP) is -0.463. The SMILES string of the molecule is Nc1cnc(-c2ccccc2)n(CC(=O)N[C@@H](CC(=O)O)C(=O)O)c1=O. The number of rotatable bonds is 7. The number of nitrogens with zero attached hydrogens (tertiary/aromatic N) is 2. The van der Waals surface area contributed by atoms with E-state index in [0.29, 0.717) is 5.56 Å². The molecule has 136 valence electrons. The van der Waals surface area contributed by atoms with E-state index in [4.69, 9.17) is 15.9 Å². The van der Waals surface area contributed by atoms with Crippen molar-refractivity contribution < 1.29 is 24.6 Å². The van der Waals surface area contributed by atoms with Crippen LogP contribution in [0, 0.1) is 0 Å². The maximum Gasteiger partial charge on any atom is 0.326 e. The first-order valence-corrected chi connectivity index (χ1v) is 7.44. The molecular weight excluding hydrogens is 344 g/mol. The Morgan fingerprint density at radius 1 is 1.19 bits per heavy atom. The number of nitrogen functional groups attached to an aromatic ring is 1. The minimum Gasteiger partial charge on any atom is -0.481 e. The Morgan fingerprint density at radius 3 is 2.42 bits per heavy atom. The Kier molecular flexibility index (Phi) is 5.68. The molecule has 10 nitrogen and oxygen atoms in total. The molecule has 1 atom stereocenters. The number of nitrogens with one attached hydrogen (secondary N) is 1. The molecule has 0 saturated carbocycles. The molecule has 0 aliphatic rings. The fraction of sp³-hybridized carbons (Fsp3) is 0.188. The molecule has 1 amide bonds. The van der Waals surface area contributed by atoms with Gasteiger partial charge in [0.2, 0.25) is 5.91 Å². The number of carbonyl (C=O) groups is 3. The molecule has 0 unspecified atom stereocenters. The van der Waals surface area contributed by atoms with Crippen LogP contribution in [0.15, 0.2) is 41.3 Å². The number of amides is 1. The molecule has 0 fully saturated rings. The third-order valence-electron chi connectivity index (χ3n) is 3.42. The van der Waals surface area contributed by atoms with Crippen LogP contribution in [0.4, 0.5) is 5.69 Å². The molecule has 0 radical (unpaired) electrons. The van der Waals surface area contributed by atoms with E-state index in [1.165, 1.54) is 6.20 Å². The molecule has 2 aromatic rings. The first-order valence-electron chi connectivity index (χ1n) is 7.44. The minimum absolute atomic E-state index is 0.171. The molecular formula is C16H16N4O6. The van der Waals surface area contributed by atoms with Gasteiger partial charge in [-0.3, -0.25) is 19.0 Å². The van der Waals surface area contributed by atoms with E-state index in [0.717, 1.165) is 4.57 Å². The van der Waals surface area contributed by atoms with Gasteiger partial charge in [0.05, 0.1) is 12.6 Å². The first-order chi connectivity index (χ1) is 12.3. The van der Waals surface area contributed by atoms with Crippen molar-refractivity contribution in [1.82, 2.24) is 14.9 Å². The second-order valence-electron chi connectivity index (χ2n) is 5.35. The van der Waals surface area contributed by atoms with Gasteiger partial charge in [-0.2, -0.15) is 0 Å². The molecule has 0 aliphatic heterocycles. The van der Waals surface area contributed by atoms with Crippen LogP contribution in [-0.2, 0) is 20.9 Å². The standard InChI is InChI=1S/C16H16N4O6/c17-10-7-18-14(9-4-2-1-3-5-9)20(15(10)24)8-12(21)19-11(16(25)26)6-13(22)23/h1-5,7,11H,6,8,17H2,(H,19,21)(H,22,23)(H,25,26)/t11-/m0/s1. The van der Waals surface area contributed by atoms with E-state index in [1.807, 2.05) is 0 Å². The number of nitrogens with two attached hydrogens (primary N) is 1. The summed E-state index contributed by atoms with van der Waals surface area (Å²) in [4.78, 5) is 50.3. The average molecular weight is 360 g/mol. The van der Waals surface area contributed by atoms with Gasteiger partial charge in [-0.25, -0.2) is 9.78 Å². The van der Waals surface area contributed by atoms with Crippen molar-refractivity contribution in [3.8, 4) is 11.4 Å². The lowest BCUT2D eigenvalue weighted by molar-refractivity contribution is -0.147. The third kappa shape index (κ3) is 4.44. The van der Waals surface area contributed by atoms with Gasteiger partial charge < -0.3 is 21.3 Å². The summed E-state index contributed by atoms with van der Waals surface area (Å²) in [5.74, 6) is -3.57. The number of hydrogen-bond acceptors (Lipinski definition) is 6. The Hall–Kier alpha value is -3.69. The molecule has 1 heterocycles. The van der Waals surface area contributed by atoms with E-state index >= 15 is 0 Å². The van der Waals surface area contributed by atoms with Gasteiger partial charge in [-0.05, 0) is 0 Å². The zero-order valence-corrected chi connectivity index (χ0v) is 13.5. The number of carboxylic acid groups (broad SMARTS) is 2. The molecule has 0 spiro atoms. The normalized spacial score (nSPS) is 11.5. The summed E-state index contributed by atoms with van der Waals surface area (Å²) in [5.41, 5.74) is 5.26. The van der Waals surface area contributed by atoms with E-state index in [2.05, 4.69) is 10.3 Å². The van der Waals surface area contributed by atoms with Gasteiger partial charge in [0.1, 0.15) is 24.1 Å². The number of carboxylic acids is 2. The van der Waals surface area contributed by atoms with Gasteiger partial charge in [0, 0.05) is 5.56 Å². The summed E-state index contributed by atoms with van der Waals surface area (Å²) < 4.78 is 1.000. The maximum atomic E-state index is 12.3. The van der Waals surface area contributed by atoms with Crippen molar-refractivity contribution in [3.05, 3.63) is 46.9 Å². The van der Waals surface area contributed by atoms with Gasteiger partial charge in [0.25, 0.3) is 5.56 Å². The fourth-order valence-electron chi connectivity index (χ4n) is 2.23. The topological polar surface area (TPSA) is 165 Å². The number of hydrogen-bond donors (Lipinski definition) is 4. The van der Waals surface area contributed by atoms with Crippen LogP contribution < -0.4 is 16.6 Å². The molecule has 0 saturated heterocycles. The molecule has 26 heavy (non-hydrogen) atoms. The van der Waals surface area contributed by atoms with Crippen LogP contribution in [0.5, 0.6) is 0 Å². The second kappa shape index (κ2) is 7.92. The van der Waals surface area contributed by atoms with Crippen molar-refractivity contribution in [3.63, 3.8) is 0 Å². The van der Waals surface area contributed by atoms with E-state index in [-0.39, 0.29) is 11.5 Å². The summed E-state index contributed by atoms with van der Waals surface area (Å²) in [7, 11) is 0. The first kappa shape index (κ1) is 18.6. The van der Waals surface area contributed by atoms with Crippen LogP contribution >= 0.6 is 0 Å². The molecule has 0 bridgehead atoms. The lowest BCUT2D eigenvalue weighted by Gasteiger charge is -2.15. The summed E-state index contributed by atoms with van der Waals surface area (Å²) in [6.45, 7) is -0.565. The molecule has 2 rings (SSSR count). The van der Waals surface area contributed by atoms with Crippen LogP contribution in [0.1, 0.15) is 6.42 Å². The number of anilines is 1. The Bertz CT molecular complexity index is 893. The van der Waals surface area contributed by atoms with Crippen LogP contribution in [0.2, 0.25) is 0 Å². The van der Waals surface area contributed by atoms with Crippen LogP contribution in [0.25, 0.3) is 11.4 Å². The number of carbonyl (C=O) groups excluding carboxylic acids is 1. The Morgan fingerprint density at radius 2 is 1.85 bits per heavy atom. The van der Waals surface area contributed by atoms with Crippen LogP contribution in [0.3, 0.4) is 0 Å². The molecule has 1 aromatic carbocycles. The van der Waals surface area contributed by atoms with Gasteiger partial charge in [-0.15, -0.1) is 0 Å². The summed E-state index contributed by atoms with van der Waals surface area (Å²) in [6.07, 6.45) is 0.375. The van der Waals surface area contributed by atoms with Crippen molar-refractivity contribution >= 4 is 23.5 Å². The molecule has 0 aliphatic carbocycles. The lowest BCUT2D eigenvalue weighted by Crippen LogP contribution is -2.44. The Labute approximate surface area is 146 Å². The van der Waals surface area contributed by atoms with E-state index in [1.54, 1.807) is 30.3 Å². The van der Waals surface area contributed by atoms with Crippen molar-refractivity contribution in [2.45, 2.75) is 19.0 Å². The molecule has 5 N–H and O–H groups in total. The highest BCUT2D eigenvalue weighted by Gasteiger charge is 2.24. The molecule has 1 aromatic heterocycles. The summed E-state index contributed by atoms with van der Waals surface area (Å²) in [5, 5.41) is 19.8. The number of aliphatic carboxylic acids is 2. The number of benzene rings is 1. The van der Waals surface area contributed by atoms with Gasteiger partial charge in [0.15, 0.2) is 0 Å². The second-order valence-corrected chi connectivity index (χ2v) is 5.35. The van der Waals surface area contributed by atoms with Gasteiger partial charge in [-0.1, -0.05) is 30.3 Å². The molecule has 10 heteroatoms. The quantitative estimate of drug-likeness (QED) is 0.515. The zero-order valence-electron chi connectivity index (χ0n) is 13.5. The fourth-order valence-corrected chi connectivity index (χ4v) is 2.23. The van der Waals surface area contributed by atoms with Crippen molar-refractivity contribution in [2.24, 2.45) is 0 Å².